The van der Waals surface area contributed by atoms with Gasteiger partial charge in [-0.05, 0) is 18.9 Å². The van der Waals surface area contributed by atoms with Crippen LogP contribution >= 0.6 is 0 Å². The van der Waals surface area contributed by atoms with Gasteiger partial charge in [0.2, 0.25) is 5.91 Å². The van der Waals surface area contributed by atoms with E-state index in [1.54, 1.807) is 15.9 Å². The predicted molar refractivity (Wildman–Crippen MR) is 80.3 cm³/mol. The van der Waals surface area contributed by atoms with E-state index in [9.17, 15) is 18.0 Å². The summed E-state index contributed by atoms with van der Waals surface area (Å²) in [5.41, 5.74) is 0.343. The van der Waals surface area contributed by atoms with E-state index in [0.29, 0.717) is 18.8 Å². The Balaban J connectivity index is 1.62. The van der Waals surface area contributed by atoms with E-state index in [2.05, 4.69) is 10.2 Å². The number of nitrogens with zero attached hydrogens (tertiary/aromatic N) is 3. The van der Waals surface area contributed by atoms with Gasteiger partial charge in [0, 0.05) is 25.2 Å². The molecule has 23 heavy (non-hydrogen) atoms. The largest absolute Gasteiger partial charge is 0.335 e. The normalized spacial score (nSPS) is 29.4. The molecule has 1 N–H and O–H groups in total. The maximum absolute atomic E-state index is 12.6. The SMILES string of the molecule is O=C(C1CC1)N1CCN(C(=O)c2ccn[nH]2)[C@H]2CS(=O)(=O)C[C@H]21. The maximum atomic E-state index is 12.6. The summed E-state index contributed by atoms with van der Waals surface area (Å²) >= 11 is 0. The van der Waals surface area contributed by atoms with Crippen molar-refractivity contribution in [3.8, 4) is 0 Å². The van der Waals surface area contributed by atoms with Gasteiger partial charge < -0.3 is 9.80 Å². The number of aromatic nitrogens is 2. The van der Waals surface area contributed by atoms with Gasteiger partial charge in [0.1, 0.15) is 5.69 Å². The number of fused-ring (bicyclic) bond motifs is 1. The first-order valence-electron chi connectivity index (χ1n) is 7.77. The smallest absolute Gasteiger partial charge is 0.272 e. The third-order valence-electron chi connectivity index (χ3n) is 4.88. The van der Waals surface area contributed by atoms with Gasteiger partial charge in [-0.1, -0.05) is 0 Å². The molecule has 0 aromatic carbocycles. The van der Waals surface area contributed by atoms with Crippen LogP contribution in [0.5, 0.6) is 0 Å². The summed E-state index contributed by atoms with van der Waals surface area (Å²) < 4.78 is 24.2. The minimum Gasteiger partial charge on any atom is -0.335 e. The van der Waals surface area contributed by atoms with Crippen molar-refractivity contribution < 1.29 is 18.0 Å². The topological polar surface area (TPSA) is 103 Å². The second-order valence-corrected chi connectivity index (χ2v) is 8.64. The number of nitrogens with one attached hydrogen (secondary N) is 1. The van der Waals surface area contributed by atoms with Crippen LogP contribution in [0.15, 0.2) is 12.3 Å². The molecule has 9 heteroatoms. The van der Waals surface area contributed by atoms with Crippen molar-refractivity contribution in [2.75, 3.05) is 24.6 Å². The van der Waals surface area contributed by atoms with Crippen LogP contribution in [0.3, 0.4) is 0 Å². The number of hydrogen-bond donors (Lipinski definition) is 1. The molecular weight excluding hydrogens is 320 g/mol. The van der Waals surface area contributed by atoms with Crippen LogP contribution in [0.25, 0.3) is 0 Å². The first-order valence-corrected chi connectivity index (χ1v) is 9.60. The van der Waals surface area contributed by atoms with E-state index >= 15 is 0 Å². The first kappa shape index (κ1) is 14.7. The zero-order valence-electron chi connectivity index (χ0n) is 12.5. The first-order chi connectivity index (χ1) is 11.0. The van der Waals surface area contributed by atoms with Crippen molar-refractivity contribution in [1.29, 1.82) is 0 Å². The fraction of sp³-hybridized carbons (Fsp3) is 0.643. The molecule has 3 heterocycles. The number of sulfone groups is 1. The number of H-pyrrole nitrogens is 1. The molecule has 2 aliphatic heterocycles. The minimum absolute atomic E-state index is 0.0470. The number of amides is 2. The van der Waals surface area contributed by atoms with Crippen molar-refractivity contribution in [2.45, 2.75) is 24.9 Å². The molecule has 8 nitrogen and oxygen atoms in total. The number of piperazine rings is 1. The molecule has 0 spiro atoms. The second-order valence-electron chi connectivity index (χ2n) is 6.49. The highest BCUT2D eigenvalue weighted by molar-refractivity contribution is 7.91. The molecular formula is C14H18N4O4S. The Morgan fingerprint density at radius 2 is 1.78 bits per heavy atom. The van der Waals surface area contributed by atoms with E-state index in [0.717, 1.165) is 12.8 Å². The molecule has 124 valence electrons. The molecule has 2 saturated heterocycles. The van der Waals surface area contributed by atoms with E-state index in [1.807, 2.05) is 0 Å². The molecule has 1 aromatic rings. The van der Waals surface area contributed by atoms with Crippen molar-refractivity contribution >= 4 is 21.7 Å². The van der Waals surface area contributed by atoms with E-state index < -0.39 is 21.9 Å². The van der Waals surface area contributed by atoms with Crippen molar-refractivity contribution in [3.05, 3.63) is 18.0 Å². The molecule has 1 aromatic heterocycles. The summed E-state index contributed by atoms with van der Waals surface area (Å²) in [5, 5.41) is 6.40. The second kappa shape index (κ2) is 5.05. The Morgan fingerprint density at radius 1 is 1.13 bits per heavy atom. The third-order valence-corrected chi connectivity index (χ3v) is 6.58. The Morgan fingerprint density at radius 3 is 2.39 bits per heavy atom. The zero-order valence-corrected chi connectivity index (χ0v) is 13.3. The average Bonchev–Trinajstić information content (AvgIpc) is 3.10. The Labute approximate surface area is 133 Å². The Hall–Kier alpha value is -1.90. The fourth-order valence-corrected chi connectivity index (χ4v) is 5.55. The van der Waals surface area contributed by atoms with Gasteiger partial charge in [0.15, 0.2) is 9.84 Å². The summed E-state index contributed by atoms with van der Waals surface area (Å²) in [5.74, 6) is -0.290. The van der Waals surface area contributed by atoms with Gasteiger partial charge in [0.25, 0.3) is 5.91 Å². The maximum Gasteiger partial charge on any atom is 0.272 e. The third kappa shape index (κ3) is 2.52. The number of rotatable bonds is 2. The number of carbonyl (C=O) groups excluding carboxylic acids is 2. The van der Waals surface area contributed by atoms with Crippen molar-refractivity contribution in [2.24, 2.45) is 5.92 Å². The van der Waals surface area contributed by atoms with Crippen molar-refractivity contribution in [1.82, 2.24) is 20.0 Å². The van der Waals surface area contributed by atoms with Crippen molar-refractivity contribution in [3.63, 3.8) is 0 Å². The van der Waals surface area contributed by atoms with Gasteiger partial charge in [-0.15, -0.1) is 0 Å². The highest BCUT2D eigenvalue weighted by atomic mass is 32.2. The lowest BCUT2D eigenvalue weighted by molar-refractivity contribution is -0.137. The minimum atomic E-state index is -3.25. The lowest BCUT2D eigenvalue weighted by Crippen LogP contribution is -2.62. The average molecular weight is 338 g/mol. The van der Waals surface area contributed by atoms with Crippen LogP contribution in [0.4, 0.5) is 0 Å². The standard InChI is InChI=1S/C14H18N4O4S/c19-13(9-1-2-9)17-5-6-18(14(20)10-3-4-15-16-10)12-8-23(21,22)7-11(12)17/h3-4,9,11-12H,1-2,5-8H2,(H,15,16)/t11-,12+/m1/s1. The van der Waals surface area contributed by atoms with Crippen LogP contribution in [-0.2, 0) is 14.6 Å². The fourth-order valence-electron chi connectivity index (χ4n) is 3.57. The van der Waals surface area contributed by atoms with Crippen LogP contribution in [0.1, 0.15) is 23.3 Å². The summed E-state index contributed by atoms with van der Waals surface area (Å²) in [6.45, 7) is 0.749. The number of carbonyl (C=O) groups is 2. The summed E-state index contributed by atoms with van der Waals surface area (Å²) in [7, 11) is -3.25. The molecule has 2 atom stereocenters. The van der Waals surface area contributed by atoms with E-state index in [4.69, 9.17) is 0 Å². The molecule has 1 saturated carbocycles. The van der Waals surface area contributed by atoms with Crippen LogP contribution in [-0.4, -0.2) is 76.9 Å². The van der Waals surface area contributed by atoms with Gasteiger partial charge in [-0.25, -0.2) is 8.42 Å². The molecule has 3 aliphatic rings. The highest BCUT2D eigenvalue weighted by Crippen LogP contribution is 2.35. The highest BCUT2D eigenvalue weighted by Gasteiger charge is 2.51. The molecule has 1 aliphatic carbocycles. The van der Waals surface area contributed by atoms with Crippen LogP contribution < -0.4 is 0 Å². The molecule has 2 amide bonds. The van der Waals surface area contributed by atoms with Gasteiger partial charge in [-0.2, -0.15) is 5.10 Å². The summed E-state index contributed by atoms with van der Waals surface area (Å²) in [4.78, 5) is 28.3. The lowest BCUT2D eigenvalue weighted by Gasteiger charge is -2.43. The van der Waals surface area contributed by atoms with E-state index in [-0.39, 0.29) is 29.2 Å². The van der Waals surface area contributed by atoms with Crippen LogP contribution in [0, 0.1) is 5.92 Å². The monoisotopic (exact) mass is 338 g/mol. The summed E-state index contributed by atoms with van der Waals surface area (Å²) in [6, 6.07) is 0.684. The van der Waals surface area contributed by atoms with Gasteiger partial charge >= 0.3 is 0 Å². The van der Waals surface area contributed by atoms with E-state index in [1.165, 1.54) is 6.20 Å². The van der Waals surface area contributed by atoms with Gasteiger partial charge in [0.05, 0.1) is 23.6 Å². The zero-order chi connectivity index (χ0) is 16.2. The van der Waals surface area contributed by atoms with Crippen LogP contribution in [0.2, 0.25) is 0 Å². The molecule has 0 bridgehead atoms. The number of aromatic amines is 1. The molecule has 4 rings (SSSR count). The summed E-state index contributed by atoms with van der Waals surface area (Å²) in [6.07, 6.45) is 3.26. The van der Waals surface area contributed by atoms with Gasteiger partial charge in [-0.3, -0.25) is 14.7 Å². The Bertz CT molecular complexity index is 741. The molecule has 3 fully saturated rings. The quantitative estimate of drug-likeness (QED) is 0.766. The molecule has 0 unspecified atom stereocenters. The molecule has 0 radical (unpaired) electrons. The predicted octanol–water partition coefficient (Wildman–Crippen LogP) is -0.730. The number of hydrogen-bond acceptors (Lipinski definition) is 5. The Kier molecular flexibility index (Phi) is 3.22. The lowest BCUT2D eigenvalue weighted by atomic mass is 10.0.